The molecular weight excluding hydrogens is 334 g/mol. The van der Waals surface area contributed by atoms with Crippen LogP contribution in [0.1, 0.15) is 20.8 Å². The maximum absolute atomic E-state index is 12.9. The third-order valence-electron chi connectivity index (χ3n) is 4.02. The van der Waals surface area contributed by atoms with E-state index >= 15 is 0 Å². The molecule has 1 unspecified atom stereocenters. The van der Waals surface area contributed by atoms with Crippen LogP contribution in [0, 0.1) is 0 Å². The van der Waals surface area contributed by atoms with Gasteiger partial charge in [-0.3, -0.25) is 4.03 Å². The molecule has 2 rings (SSSR count). The van der Waals surface area contributed by atoms with Crippen molar-refractivity contribution in [3.8, 4) is 5.69 Å². The number of nitrogens with zero attached hydrogens (tertiary/aromatic N) is 3. The summed E-state index contributed by atoms with van der Waals surface area (Å²) >= 11 is 0. The van der Waals surface area contributed by atoms with Crippen LogP contribution >= 0.6 is 10.7 Å². The predicted octanol–water partition coefficient (Wildman–Crippen LogP) is 4.86. The minimum Gasteiger partial charge on any atom is -0.259 e. The fourth-order valence-corrected chi connectivity index (χ4v) is 7.68. The molecule has 0 bridgehead atoms. The molecule has 0 fully saturated rings. The maximum Gasteiger partial charge on any atom is 0.194 e. The van der Waals surface area contributed by atoms with Crippen LogP contribution in [0.25, 0.3) is 5.69 Å². The van der Waals surface area contributed by atoms with Crippen molar-refractivity contribution in [2.45, 2.75) is 43.9 Å². The van der Waals surface area contributed by atoms with Gasteiger partial charge in [-0.25, -0.2) is 8.89 Å². The van der Waals surface area contributed by atoms with Crippen molar-refractivity contribution < 1.29 is 4.21 Å². The SMILES string of the molecule is CC(C)(C)[Si](C)(C)N=S(=O)(Cl)c1ccn(-c2ccccc2)n1. The number of para-hydroxylation sites is 1. The molecule has 2 aromatic rings. The highest BCUT2D eigenvalue weighted by molar-refractivity contribution is 8.16. The molecule has 22 heavy (non-hydrogen) atoms. The monoisotopic (exact) mass is 355 g/mol. The first-order valence-electron chi connectivity index (χ1n) is 7.12. The smallest absolute Gasteiger partial charge is 0.194 e. The Hall–Kier alpha value is -1.11. The lowest BCUT2D eigenvalue weighted by Gasteiger charge is -2.32. The number of halogens is 1. The highest BCUT2D eigenvalue weighted by Gasteiger charge is 2.37. The molecule has 0 N–H and O–H groups in total. The molecule has 0 saturated carbocycles. The van der Waals surface area contributed by atoms with Gasteiger partial charge in [-0.05, 0) is 36.3 Å². The summed E-state index contributed by atoms with van der Waals surface area (Å²) in [6.45, 7) is 10.5. The summed E-state index contributed by atoms with van der Waals surface area (Å²) in [7, 11) is 1.14. The van der Waals surface area contributed by atoms with Gasteiger partial charge in [0.05, 0.1) is 5.69 Å². The maximum atomic E-state index is 12.9. The normalized spacial score (nSPS) is 15.4. The lowest BCUT2D eigenvalue weighted by molar-refractivity contribution is 0.678. The number of rotatable bonds is 3. The summed E-state index contributed by atoms with van der Waals surface area (Å²) in [4.78, 5) is 0. The van der Waals surface area contributed by atoms with E-state index in [9.17, 15) is 4.21 Å². The van der Waals surface area contributed by atoms with Crippen molar-refractivity contribution in [2.75, 3.05) is 0 Å². The van der Waals surface area contributed by atoms with Gasteiger partial charge < -0.3 is 0 Å². The Morgan fingerprint density at radius 2 is 1.77 bits per heavy atom. The zero-order chi connectivity index (χ0) is 16.6. The van der Waals surface area contributed by atoms with Crippen LogP contribution in [0.2, 0.25) is 18.1 Å². The molecule has 120 valence electrons. The molecule has 0 saturated heterocycles. The van der Waals surface area contributed by atoms with E-state index in [0.29, 0.717) is 5.03 Å². The molecule has 0 spiro atoms. The lowest BCUT2D eigenvalue weighted by Crippen LogP contribution is -2.35. The zero-order valence-corrected chi connectivity index (χ0v) is 16.1. The highest BCUT2D eigenvalue weighted by atomic mass is 35.7. The summed E-state index contributed by atoms with van der Waals surface area (Å²) in [6, 6.07) is 11.3. The van der Waals surface area contributed by atoms with Gasteiger partial charge in [-0.15, -0.1) is 0 Å². The Bertz CT molecular complexity index is 772. The average molecular weight is 356 g/mol. The molecule has 1 aromatic carbocycles. The van der Waals surface area contributed by atoms with Crippen LogP contribution in [0.3, 0.4) is 0 Å². The Balaban J connectivity index is 2.44. The third-order valence-corrected chi connectivity index (χ3v) is 12.3. The van der Waals surface area contributed by atoms with Crippen molar-refractivity contribution in [1.29, 1.82) is 0 Å². The molecule has 1 atom stereocenters. The van der Waals surface area contributed by atoms with E-state index in [1.165, 1.54) is 0 Å². The number of hydrogen-bond donors (Lipinski definition) is 0. The van der Waals surface area contributed by atoms with Crippen molar-refractivity contribution in [1.82, 2.24) is 9.78 Å². The van der Waals surface area contributed by atoms with Crippen LogP contribution in [0.5, 0.6) is 0 Å². The Kier molecular flexibility index (Phi) is 4.57. The summed E-state index contributed by atoms with van der Waals surface area (Å²) < 4.78 is 19.1. The molecule has 0 aliphatic rings. The summed E-state index contributed by atoms with van der Waals surface area (Å²) in [5, 5.41) is 4.66. The van der Waals surface area contributed by atoms with Crippen molar-refractivity contribution in [3.05, 3.63) is 42.6 Å². The molecule has 0 aliphatic carbocycles. The van der Waals surface area contributed by atoms with Gasteiger partial charge in [0.1, 0.15) is 0 Å². The van der Waals surface area contributed by atoms with Gasteiger partial charge in [-0.1, -0.05) is 39.0 Å². The fraction of sp³-hybridized carbons (Fsp3) is 0.400. The standard InChI is InChI=1S/C15H22ClN3OSSi/c1-15(2,3)22(4,5)18-21(16,20)14-11-12-19(17-14)13-9-7-6-8-10-13/h6-12H,1-5H3. The largest absolute Gasteiger partial charge is 0.259 e. The minimum absolute atomic E-state index is 0.0213. The second-order valence-corrected chi connectivity index (χ2v) is 14.7. The van der Waals surface area contributed by atoms with Crippen LogP contribution in [0.4, 0.5) is 0 Å². The third kappa shape index (κ3) is 3.61. The van der Waals surface area contributed by atoms with Gasteiger partial charge >= 0.3 is 0 Å². The Morgan fingerprint density at radius 3 is 2.32 bits per heavy atom. The molecule has 1 aromatic heterocycles. The number of aromatic nitrogens is 2. The van der Waals surface area contributed by atoms with E-state index in [2.05, 4.69) is 43.0 Å². The Labute approximate surface area is 138 Å². The number of benzene rings is 1. The van der Waals surface area contributed by atoms with E-state index < -0.39 is 17.2 Å². The van der Waals surface area contributed by atoms with Crippen LogP contribution in [-0.2, 0) is 8.94 Å². The van der Waals surface area contributed by atoms with Crippen LogP contribution in [0.15, 0.2) is 51.6 Å². The van der Waals surface area contributed by atoms with Gasteiger partial charge in [0.25, 0.3) is 0 Å². The van der Waals surface area contributed by atoms with Gasteiger partial charge in [0.2, 0.25) is 0 Å². The average Bonchev–Trinajstić information content (AvgIpc) is 2.87. The molecule has 1 heterocycles. The van der Waals surface area contributed by atoms with Crippen molar-refractivity contribution >= 4 is 27.9 Å². The van der Waals surface area contributed by atoms with Crippen molar-refractivity contribution in [2.24, 2.45) is 4.03 Å². The summed E-state index contributed by atoms with van der Waals surface area (Å²) in [5.74, 6) is 0. The molecule has 7 heteroatoms. The lowest BCUT2D eigenvalue weighted by atomic mass is 10.2. The minimum atomic E-state index is -3.01. The first-order valence-corrected chi connectivity index (χ1v) is 12.4. The van der Waals surface area contributed by atoms with E-state index in [4.69, 9.17) is 10.7 Å². The molecule has 4 nitrogen and oxygen atoms in total. The van der Waals surface area contributed by atoms with Crippen molar-refractivity contribution in [3.63, 3.8) is 0 Å². The second-order valence-electron chi connectivity index (χ2n) is 6.79. The first-order chi connectivity index (χ1) is 10.0. The van der Waals surface area contributed by atoms with Gasteiger partial charge in [-0.2, -0.15) is 5.10 Å². The fourth-order valence-electron chi connectivity index (χ4n) is 1.64. The molecule has 0 aliphatic heterocycles. The number of hydrogen-bond acceptors (Lipinski definition) is 3. The second kappa shape index (κ2) is 5.83. The van der Waals surface area contributed by atoms with E-state index in [1.54, 1.807) is 16.9 Å². The highest BCUT2D eigenvalue weighted by Crippen LogP contribution is 2.38. The topological polar surface area (TPSA) is 47.2 Å². The quantitative estimate of drug-likeness (QED) is 0.583. The van der Waals surface area contributed by atoms with E-state index in [-0.39, 0.29) is 5.04 Å². The first kappa shape index (κ1) is 17.2. The van der Waals surface area contributed by atoms with Gasteiger partial charge in [0, 0.05) is 16.9 Å². The van der Waals surface area contributed by atoms with Crippen LogP contribution < -0.4 is 0 Å². The molecular formula is C15H22ClN3OSSi. The van der Waals surface area contributed by atoms with E-state index in [1.807, 2.05) is 30.3 Å². The van der Waals surface area contributed by atoms with Crippen LogP contribution in [-0.4, -0.2) is 22.2 Å². The molecule has 0 radical (unpaired) electrons. The zero-order valence-electron chi connectivity index (χ0n) is 13.6. The Morgan fingerprint density at radius 1 is 1.18 bits per heavy atom. The summed E-state index contributed by atoms with van der Waals surface area (Å²) in [5.41, 5.74) is 0.896. The molecule has 0 amide bonds. The van der Waals surface area contributed by atoms with Gasteiger partial charge in [0.15, 0.2) is 22.2 Å². The predicted molar refractivity (Wildman–Crippen MR) is 95.5 cm³/mol. The summed E-state index contributed by atoms with van der Waals surface area (Å²) in [6.07, 6.45) is 1.76. The van der Waals surface area contributed by atoms with E-state index in [0.717, 1.165) is 5.69 Å².